The van der Waals surface area contributed by atoms with Crippen molar-refractivity contribution in [3.63, 3.8) is 0 Å². The molecular formula is C20H22ClN5S. The van der Waals surface area contributed by atoms with Crippen LogP contribution in [0.2, 0.25) is 5.15 Å². The molecule has 0 bridgehead atoms. The van der Waals surface area contributed by atoms with E-state index in [1.54, 1.807) is 6.33 Å². The molecule has 0 aliphatic carbocycles. The van der Waals surface area contributed by atoms with Crippen LogP contribution in [0, 0.1) is 6.92 Å². The van der Waals surface area contributed by atoms with Gasteiger partial charge in [0, 0.05) is 24.7 Å². The van der Waals surface area contributed by atoms with E-state index in [1.807, 2.05) is 24.5 Å². The maximum atomic E-state index is 6.59. The average molecular weight is 400 g/mol. The van der Waals surface area contributed by atoms with Crippen LogP contribution in [0.15, 0.2) is 41.8 Å². The molecule has 0 unspecified atom stereocenters. The highest BCUT2D eigenvalue weighted by atomic mass is 35.5. The zero-order valence-corrected chi connectivity index (χ0v) is 17.0. The van der Waals surface area contributed by atoms with Crippen molar-refractivity contribution in [1.29, 1.82) is 0 Å². The highest BCUT2D eigenvalue weighted by molar-refractivity contribution is 7.98. The molecule has 7 heteroatoms. The first kappa shape index (κ1) is 18.3. The first-order valence-electron chi connectivity index (χ1n) is 9.09. The lowest BCUT2D eigenvalue weighted by Gasteiger charge is -2.34. The molecule has 27 heavy (non-hydrogen) atoms. The fraction of sp³-hybridized carbons (Fsp3) is 0.350. The zero-order chi connectivity index (χ0) is 18.8. The summed E-state index contributed by atoms with van der Waals surface area (Å²) in [6.45, 7) is 3.94. The Bertz CT molecular complexity index is 919. The molecule has 3 aromatic rings. The summed E-state index contributed by atoms with van der Waals surface area (Å²) in [5.74, 6) is 1.45. The van der Waals surface area contributed by atoms with Crippen LogP contribution in [0.1, 0.15) is 30.1 Å². The minimum atomic E-state index is 0.515. The van der Waals surface area contributed by atoms with Crippen LogP contribution >= 0.6 is 23.4 Å². The Kier molecular flexibility index (Phi) is 5.36. The Morgan fingerprint density at radius 2 is 1.89 bits per heavy atom. The largest absolute Gasteiger partial charge is 0.356 e. The monoisotopic (exact) mass is 399 g/mol. The van der Waals surface area contributed by atoms with E-state index >= 15 is 0 Å². The maximum Gasteiger partial charge on any atom is 0.190 e. The van der Waals surface area contributed by atoms with Crippen LogP contribution in [0.3, 0.4) is 0 Å². The van der Waals surface area contributed by atoms with Crippen LogP contribution in [0.5, 0.6) is 0 Å². The van der Waals surface area contributed by atoms with Crippen molar-refractivity contribution < 1.29 is 0 Å². The fourth-order valence-electron chi connectivity index (χ4n) is 3.74. The first-order valence-corrected chi connectivity index (χ1v) is 10.7. The third kappa shape index (κ3) is 3.69. The lowest BCUT2D eigenvalue weighted by Crippen LogP contribution is -2.34. The third-order valence-electron chi connectivity index (χ3n) is 5.14. The molecule has 0 atom stereocenters. The Hall–Kier alpha value is -2.05. The molecule has 5 nitrogen and oxygen atoms in total. The van der Waals surface area contributed by atoms with E-state index in [1.165, 1.54) is 17.5 Å². The predicted octanol–water partition coefficient (Wildman–Crippen LogP) is 4.93. The van der Waals surface area contributed by atoms with E-state index in [4.69, 9.17) is 16.6 Å². The van der Waals surface area contributed by atoms with Gasteiger partial charge in [-0.2, -0.15) is 0 Å². The number of nitrogens with one attached hydrogen (secondary N) is 1. The summed E-state index contributed by atoms with van der Waals surface area (Å²) >= 11 is 8.11. The zero-order valence-electron chi connectivity index (χ0n) is 15.4. The second-order valence-corrected chi connectivity index (χ2v) is 7.86. The number of halogens is 1. The lowest BCUT2D eigenvalue weighted by atomic mass is 9.92. The van der Waals surface area contributed by atoms with Crippen molar-refractivity contribution in [1.82, 2.24) is 19.9 Å². The molecule has 1 aromatic carbocycles. The third-order valence-corrected chi connectivity index (χ3v) is 5.96. The van der Waals surface area contributed by atoms with Crippen LogP contribution in [0.4, 0.5) is 5.82 Å². The van der Waals surface area contributed by atoms with Gasteiger partial charge in [0.1, 0.15) is 11.0 Å². The number of hydrogen-bond donors (Lipinski definition) is 1. The Morgan fingerprint density at radius 3 is 2.52 bits per heavy atom. The first-order chi connectivity index (χ1) is 13.2. The number of hydrogen-bond acceptors (Lipinski definition) is 5. The van der Waals surface area contributed by atoms with Gasteiger partial charge in [0.25, 0.3) is 0 Å². The number of rotatable bonds is 4. The van der Waals surface area contributed by atoms with E-state index in [-0.39, 0.29) is 0 Å². The molecule has 4 rings (SSSR count). The van der Waals surface area contributed by atoms with Crippen molar-refractivity contribution >= 4 is 29.2 Å². The van der Waals surface area contributed by atoms with E-state index in [9.17, 15) is 0 Å². The number of benzene rings is 1. The number of aromatic nitrogens is 4. The highest BCUT2D eigenvalue weighted by Crippen LogP contribution is 2.38. The van der Waals surface area contributed by atoms with E-state index in [0.29, 0.717) is 16.2 Å². The second-order valence-electron chi connectivity index (χ2n) is 6.73. The van der Waals surface area contributed by atoms with Crippen LogP contribution in [-0.4, -0.2) is 39.3 Å². The highest BCUT2D eigenvalue weighted by Gasteiger charge is 2.27. The van der Waals surface area contributed by atoms with Crippen molar-refractivity contribution in [2.24, 2.45) is 0 Å². The van der Waals surface area contributed by atoms with E-state index in [0.717, 1.165) is 48.6 Å². The maximum absolute atomic E-state index is 6.59. The van der Waals surface area contributed by atoms with Crippen LogP contribution in [0.25, 0.3) is 11.1 Å². The normalized spacial score (nSPS) is 15.3. The van der Waals surface area contributed by atoms with Gasteiger partial charge in [-0.25, -0.2) is 15.0 Å². The number of imidazole rings is 1. The van der Waals surface area contributed by atoms with Gasteiger partial charge in [-0.1, -0.05) is 53.7 Å². The molecule has 1 N–H and O–H groups in total. The van der Waals surface area contributed by atoms with Crippen LogP contribution < -0.4 is 4.90 Å². The van der Waals surface area contributed by atoms with Gasteiger partial charge in [-0.15, -0.1) is 0 Å². The topological polar surface area (TPSA) is 57.7 Å². The summed E-state index contributed by atoms with van der Waals surface area (Å²) in [5.41, 5.74) is 4.35. The second kappa shape index (κ2) is 7.90. The molecule has 1 fully saturated rings. The molecule has 1 saturated heterocycles. The quantitative estimate of drug-likeness (QED) is 0.382. The van der Waals surface area contributed by atoms with Gasteiger partial charge in [0.05, 0.1) is 17.6 Å². The Labute approximate surface area is 168 Å². The van der Waals surface area contributed by atoms with Gasteiger partial charge in [-0.05, 0) is 31.6 Å². The summed E-state index contributed by atoms with van der Waals surface area (Å²) < 4.78 is 0. The summed E-state index contributed by atoms with van der Waals surface area (Å²) in [5, 5.41) is 1.23. The lowest BCUT2D eigenvalue weighted by molar-refractivity contribution is 0.492. The summed E-state index contributed by atoms with van der Waals surface area (Å²) in [6, 6.07) is 10.2. The molecule has 0 radical (unpaired) electrons. The summed E-state index contributed by atoms with van der Waals surface area (Å²) in [7, 11) is 0. The van der Waals surface area contributed by atoms with Gasteiger partial charge in [-0.3, -0.25) is 0 Å². The van der Waals surface area contributed by atoms with Crippen molar-refractivity contribution in [2.45, 2.75) is 30.8 Å². The van der Waals surface area contributed by atoms with Crippen molar-refractivity contribution in [3.05, 3.63) is 53.2 Å². The summed E-state index contributed by atoms with van der Waals surface area (Å²) in [6.07, 6.45) is 5.89. The number of H-pyrrole nitrogens is 1. The SMILES string of the molecule is CSc1nc(Cl)c(-c2ccccc2)c(N2CCC(c3[nH]cnc3C)CC2)n1. The molecule has 2 aromatic heterocycles. The summed E-state index contributed by atoms with van der Waals surface area (Å²) in [4.78, 5) is 19.3. The predicted molar refractivity (Wildman–Crippen MR) is 112 cm³/mol. The average Bonchev–Trinajstić information content (AvgIpc) is 3.14. The number of nitrogens with zero attached hydrogens (tertiary/aromatic N) is 4. The minimum absolute atomic E-state index is 0.515. The smallest absolute Gasteiger partial charge is 0.190 e. The molecule has 140 valence electrons. The molecule has 3 heterocycles. The molecular weight excluding hydrogens is 378 g/mol. The number of aryl methyl sites for hydroxylation is 1. The van der Waals surface area contributed by atoms with E-state index < -0.39 is 0 Å². The molecule has 0 spiro atoms. The van der Waals surface area contributed by atoms with Crippen molar-refractivity contribution in [3.8, 4) is 11.1 Å². The van der Waals surface area contributed by atoms with Gasteiger partial charge >= 0.3 is 0 Å². The fourth-order valence-corrected chi connectivity index (χ4v) is 4.43. The Morgan fingerprint density at radius 1 is 1.15 bits per heavy atom. The van der Waals surface area contributed by atoms with Crippen molar-refractivity contribution in [2.75, 3.05) is 24.2 Å². The molecule has 1 aliphatic rings. The van der Waals surface area contributed by atoms with Gasteiger partial charge in [0.15, 0.2) is 5.16 Å². The van der Waals surface area contributed by atoms with Crippen LogP contribution in [-0.2, 0) is 0 Å². The standard InChI is InChI=1S/C20H22ClN5S/c1-13-17(23-12-22-13)15-8-10-26(11-9-15)19-16(14-6-4-3-5-7-14)18(21)24-20(25-19)27-2/h3-7,12,15H,8-11H2,1-2H3,(H,22,23). The minimum Gasteiger partial charge on any atom is -0.356 e. The molecule has 0 amide bonds. The number of thioether (sulfide) groups is 1. The number of anilines is 1. The number of aromatic amines is 1. The molecule has 0 saturated carbocycles. The van der Waals surface area contributed by atoms with Gasteiger partial charge in [0.2, 0.25) is 0 Å². The van der Waals surface area contributed by atoms with Gasteiger partial charge < -0.3 is 9.88 Å². The number of piperidine rings is 1. The molecule has 1 aliphatic heterocycles. The van der Waals surface area contributed by atoms with E-state index in [2.05, 4.69) is 38.9 Å². The Balaban J connectivity index is 1.65.